The molecule has 2 aliphatic heterocycles. The molecule has 0 saturated carbocycles. The number of rotatable bonds is 2. The van der Waals surface area contributed by atoms with Gasteiger partial charge in [0.25, 0.3) is 0 Å². The SMILES string of the molecule is CC[C@@H]1COC(=O)N1[C@H]1c2cc(C#N)ccc2OC(C)(C)[C@@H]1O. The van der Waals surface area contributed by atoms with Gasteiger partial charge in [-0.2, -0.15) is 5.26 Å². The molecule has 0 aliphatic carbocycles. The van der Waals surface area contributed by atoms with Crippen molar-refractivity contribution in [2.45, 2.75) is 51.0 Å². The lowest BCUT2D eigenvalue weighted by Crippen LogP contribution is -2.55. The standard InChI is InChI=1S/C17H20N2O4/c1-4-11-9-22-16(21)19(11)14-12-7-10(8-18)5-6-13(12)23-17(2,3)15(14)20/h5-7,11,14-15,20H,4,9H2,1-3H3/t11-,14+,15-/m1/s1. The van der Waals surface area contributed by atoms with E-state index in [1.807, 2.05) is 6.92 Å². The molecule has 2 heterocycles. The number of hydrogen-bond acceptors (Lipinski definition) is 5. The summed E-state index contributed by atoms with van der Waals surface area (Å²) in [5, 5.41) is 20.0. The number of nitrogens with zero attached hydrogens (tertiary/aromatic N) is 2. The van der Waals surface area contributed by atoms with Crippen molar-refractivity contribution in [2.75, 3.05) is 6.61 Å². The van der Waals surface area contributed by atoms with Crippen LogP contribution >= 0.6 is 0 Å². The van der Waals surface area contributed by atoms with Crippen molar-refractivity contribution in [3.8, 4) is 11.8 Å². The van der Waals surface area contributed by atoms with Gasteiger partial charge in [-0.25, -0.2) is 4.79 Å². The highest BCUT2D eigenvalue weighted by molar-refractivity contribution is 5.71. The van der Waals surface area contributed by atoms with Crippen LogP contribution < -0.4 is 4.74 Å². The van der Waals surface area contributed by atoms with Gasteiger partial charge in [-0.1, -0.05) is 6.92 Å². The maximum atomic E-state index is 12.3. The molecule has 1 aromatic rings. The molecular weight excluding hydrogens is 296 g/mol. The van der Waals surface area contributed by atoms with Gasteiger partial charge in [0, 0.05) is 5.56 Å². The van der Waals surface area contributed by atoms with E-state index in [1.165, 1.54) is 0 Å². The minimum absolute atomic E-state index is 0.102. The first kappa shape index (κ1) is 15.6. The van der Waals surface area contributed by atoms with Crippen LogP contribution in [-0.4, -0.2) is 40.5 Å². The Morgan fingerprint density at radius 2 is 2.22 bits per heavy atom. The molecule has 1 fully saturated rings. The number of ether oxygens (including phenoxy) is 2. The van der Waals surface area contributed by atoms with Gasteiger partial charge in [-0.15, -0.1) is 0 Å². The zero-order chi connectivity index (χ0) is 16.8. The molecule has 1 amide bonds. The van der Waals surface area contributed by atoms with Crippen molar-refractivity contribution in [2.24, 2.45) is 0 Å². The zero-order valence-corrected chi connectivity index (χ0v) is 13.4. The lowest BCUT2D eigenvalue weighted by Gasteiger charge is -2.45. The van der Waals surface area contributed by atoms with E-state index in [-0.39, 0.29) is 6.04 Å². The molecule has 2 aliphatic rings. The zero-order valence-electron chi connectivity index (χ0n) is 13.4. The Labute approximate surface area is 135 Å². The fourth-order valence-electron chi connectivity index (χ4n) is 3.26. The van der Waals surface area contributed by atoms with E-state index in [1.54, 1.807) is 36.9 Å². The Balaban J connectivity index is 2.14. The molecule has 0 aromatic heterocycles. The highest BCUT2D eigenvalue weighted by Crippen LogP contribution is 2.45. The second-order valence-corrected chi connectivity index (χ2v) is 6.51. The summed E-state index contributed by atoms with van der Waals surface area (Å²) in [5.74, 6) is 0.582. The van der Waals surface area contributed by atoms with Gasteiger partial charge < -0.3 is 14.6 Å². The van der Waals surface area contributed by atoms with Gasteiger partial charge in [0.1, 0.15) is 24.1 Å². The normalized spacial score (nSPS) is 28.6. The number of cyclic esters (lactones) is 1. The second-order valence-electron chi connectivity index (χ2n) is 6.51. The molecular formula is C17H20N2O4. The van der Waals surface area contributed by atoms with Crippen molar-refractivity contribution in [1.82, 2.24) is 4.90 Å². The Bertz CT molecular complexity index is 680. The fraction of sp³-hybridized carbons (Fsp3) is 0.529. The number of aliphatic hydroxyl groups excluding tert-OH is 1. The van der Waals surface area contributed by atoms with Crippen LogP contribution in [0.3, 0.4) is 0 Å². The van der Waals surface area contributed by atoms with E-state index in [4.69, 9.17) is 14.7 Å². The predicted molar refractivity (Wildman–Crippen MR) is 81.9 cm³/mol. The monoisotopic (exact) mass is 316 g/mol. The molecule has 0 radical (unpaired) electrons. The number of benzene rings is 1. The lowest BCUT2D eigenvalue weighted by molar-refractivity contribution is -0.0877. The highest BCUT2D eigenvalue weighted by Gasteiger charge is 2.50. The van der Waals surface area contributed by atoms with E-state index in [2.05, 4.69) is 6.07 Å². The predicted octanol–water partition coefficient (Wildman–Crippen LogP) is 2.36. The van der Waals surface area contributed by atoms with Gasteiger partial charge in [0.2, 0.25) is 0 Å². The summed E-state index contributed by atoms with van der Waals surface area (Å²) in [6.07, 6.45) is -0.640. The van der Waals surface area contributed by atoms with Crippen molar-refractivity contribution in [1.29, 1.82) is 5.26 Å². The summed E-state index contributed by atoms with van der Waals surface area (Å²) in [6.45, 7) is 5.86. The molecule has 122 valence electrons. The molecule has 0 spiro atoms. The molecule has 3 atom stereocenters. The fourth-order valence-corrected chi connectivity index (χ4v) is 3.26. The Morgan fingerprint density at radius 1 is 1.48 bits per heavy atom. The maximum Gasteiger partial charge on any atom is 0.410 e. The summed E-state index contributed by atoms with van der Waals surface area (Å²) < 4.78 is 11.1. The molecule has 0 unspecified atom stereocenters. The van der Waals surface area contributed by atoms with E-state index in [9.17, 15) is 9.90 Å². The van der Waals surface area contributed by atoms with E-state index in [0.29, 0.717) is 23.5 Å². The van der Waals surface area contributed by atoms with Gasteiger partial charge in [-0.05, 0) is 38.5 Å². The van der Waals surface area contributed by atoms with E-state index in [0.717, 1.165) is 6.42 Å². The smallest absolute Gasteiger partial charge is 0.410 e. The van der Waals surface area contributed by atoms with Gasteiger partial charge in [0.15, 0.2) is 0 Å². The van der Waals surface area contributed by atoms with E-state index < -0.39 is 23.8 Å². The summed E-state index contributed by atoms with van der Waals surface area (Å²) in [6, 6.07) is 6.46. The lowest BCUT2D eigenvalue weighted by atomic mass is 9.84. The van der Waals surface area contributed by atoms with Crippen LogP contribution in [0.25, 0.3) is 0 Å². The highest BCUT2D eigenvalue weighted by atomic mass is 16.6. The molecule has 6 nitrogen and oxygen atoms in total. The largest absolute Gasteiger partial charge is 0.485 e. The number of fused-ring (bicyclic) bond motifs is 1. The number of amides is 1. The first-order valence-corrected chi connectivity index (χ1v) is 7.75. The van der Waals surface area contributed by atoms with Crippen LogP contribution in [0.5, 0.6) is 5.75 Å². The third-order valence-electron chi connectivity index (χ3n) is 4.62. The summed E-state index contributed by atoms with van der Waals surface area (Å²) in [7, 11) is 0. The molecule has 1 saturated heterocycles. The van der Waals surface area contributed by atoms with Crippen LogP contribution in [0, 0.1) is 11.3 Å². The molecule has 0 bridgehead atoms. The Morgan fingerprint density at radius 3 is 2.87 bits per heavy atom. The van der Waals surface area contributed by atoms with Crippen molar-refractivity contribution < 1.29 is 19.4 Å². The Hall–Kier alpha value is -2.26. The first-order chi connectivity index (χ1) is 10.9. The van der Waals surface area contributed by atoms with E-state index >= 15 is 0 Å². The number of carbonyl (C=O) groups excluding carboxylic acids is 1. The summed E-state index contributed by atoms with van der Waals surface area (Å²) >= 11 is 0. The van der Waals surface area contributed by atoms with Crippen molar-refractivity contribution >= 4 is 6.09 Å². The van der Waals surface area contributed by atoms with Crippen molar-refractivity contribution in [3.63, 3.8) is 0 Å². The van der Waals surface area contributed by atoms with Gasteiger partial charge >= 0.3 is 6.09 Å². The maximum absolute atomic E-state index is 12.3. The molecule has 1 aromatic carbocycles. The average molecular weight is 316 g/mol. The number of nitriles is 1. The number of carbonyl (C=O) groups is 1. The third-order valence-corrected chi connectivity index (χ3v) is 4.62. The summed E-state index contributed by atoms with van der Waals surface area (Å²) in [5.41, 5.74) is 0.255. The van der Waals surface area contributed by atoms with Crippen LogP contribution in [0.4, 0.5) is 4.79 Å². The molecule has 1 N–H and O–H groups in total. The second kappa shape index (κ2) is 5.43. The number of hydrogen-bond donors (Lipinski definition) is 1. The van der Waals surface area contributed by atoms with Crippen molar-refractivity contribution in [3.05, 3.63) is 29.3 Å². The quantitative estimate of drug-likeness (QED) is 0.905. The molecule has 6 heteroatoms. The first-order valence-electron chi connectivity index (χ1n) is 7.75. The van der Waals surface area contributed by atoms with Crippen LogP contribution in [0.15, 0.2) is 18.2 Å². The molecule has 23 heavy (non-hydrogen) atoms. The van der Waals surface area contributed by atoms with Gasteiger partial charge in [0.05, 0.1) is 23.7 Å². The van der Waals surface area contributed by atoms with Gasteiger partial charge in [-0.3, -0.25) is 4.90 Å². The van der Waals surface area contributed by atoms with Crippen LogP contribution in [0.1, 0.15) is 44.4 Å². The third kappa shape index (κ3) is 2.41. The van der Waals surface area contributed by atoms with Crippen LogP contribution in [0.2, 0.25) is 0 Å². The minimum Gasteiger partial charge on any atom is -0.485 e. The minimum atomic E-state index is -0.927. The average Bonchev–Trinajstić information content (AvgIpc) is 2.89. The topological polar surface area (TPSA) is 82.8 Å². The summed E-state index contributed by atoms with van der Waals surface area (Å²) in [4.78, 5) is 13.8. The Kier molecular flexibility index (Phi) is 3.69. The number of aliphatic hydroxyl groups is 1. The molecule has 3 rings (SSSR count). The van der Waals surface area contributed by atoms with Crippen LogP contribution in [-0.2, 0) is 4.74 Å².